The van der Waals surface area contributed by atoms with Gasteiger partial charge in [-0.2, -0.15) is 0 Å². The molecular formula is C16H21N3O3. The number of hydrogen-bond donors (Lipinski definition) is 1. The van der Waals surface area contributed by atoms with Crippen LogP contribution in [0.3, 0.4) is 0 Å². The molecule has 2 aliphatic rings. The van der Waals surface area contributed by atoms with Gasteiger partial charge in [-0.25, -0.2) is 0 Å². The molecule has 0 spiro atoms. The third kappa shape index (κ3) is 3.06. The van der Waals surface area contributed by atoms with Crippen LogP contribution in [0.1, 0.15) is 24.8 Å². The topological polar surface area (TPSA) is 81.6 Å². The summed E-state index contributed by atoms with van der Waals surface area (Å²) in [5, 5.41) is 11.1. The number of rotatable bonds is 5. The van der Waals surface area contributed by atoms with Crippen LogP contribution in [-0.4, -0.2) is 36.6 Å². The first kappa shape index (κ1) is 14.8. The van der Waals surface area contributed by atoms with Gasteiger partial charge in [-0.3, -0.25) is 10.1 Å². The van der Waals surface area contributed by atoms with E-state index in [0.717, 1.165) is 43.5 Å². The summed E-state index contributed by atoms with van der Waals surface area (Å²) in [6.07, 6.45) is 5.37. The summed E-state index contributed by atoms with van der Waals surface area (Å²) in [4.78, 5) is 12.9. The molecule has 22 heavy (non-hydrogen) atoms. The fourth-order valence-corrected chi connectivity index (χ4v) is 2.66. The van der Waals surface area contributed by atoms with Crippen LogP contribution in [0.25, 0.3) is 5.57 Å². The van der Waals surface area contributed by atoms with Gasteiger partial charge in [0.2, 0.25) is 0 Å². The predicted octanol–water partition coefficient (Wildman–Crippen LogP) is 2.68. The second kappa shape index (κ2) is 5.96. The number of nitro groups is 1. The molecule has 1 aromatic carbocycles. The molecule has 2 N–H and O–H groups in total. The van der Waals surface area contributed by atoms with Gasteiger partial charge >= 0.3 is 0 Å². The molecule has 1 aromatic rings. The summed E-state index contributed by atoms with van der Waals surface area (Å²) in [5.41, 5.74) is 8.14. The fraction of sp³-hybridized carbons (Fsp3) is 0.500. The molecule has 0 radical (unpaired) electrons. The first-order valence-electron chi connectivity index (χ1n) is 7.64. The number of likely N-dealkylation sites (N-methyl/N-ethyl adjacent to an activating group) is 1. The molecule has 1 fully saturated rings. The quantitative estimate of drug-likeness (QED) is 0.514. The highest BCUT2D eigenvalue weighted by Crippen LogP contribution is 2.41. The Labute approximate surface area is 129 Å². The SMILES string of the molecule is CN1CC=C(c2ccc([N+](=O)[O-])c(N)c2OCC2CC2)CC1. The van der Waals surface area contributed by atoms with E-state index in [1.54, 1.807) is 6.07 Å². The van der Waals surface area contributed by atoms with E-state index in [2.05, 4.69) is 18.0 Å². The van der Waals surface area contributed by atoms with Crippen molar-refractivity contribution in [1.82, 2.24) is 4.90 Å². The van der Waals surface area contributed by atoms with Gasteiger partial charge in [0.15, 0.2) is 11.4 Å². The summed E-state index contributed by atoms with van der Waals surface area (Å²) in [6, 6.07) is 3.25. The molecule has 0 atom stereocenters. The average Bonchev–Trinajstić information content (AvgIpc) is 3.30. The zero-order valence-electron chi connectivity index (χ0n) is 12.7. The summed E-state index contributed by atoms with van der Waals surface area (Å²) in [6.45, 7) is 2.42. The lowest BCUT2D eigenvalue weighted by Gasteiger charge is -2.23. The third-order valence-electron chi connectivity index (χ3n) is 4.29. The molecule has 1 aliphatic carbocycles. The summed E-state index contributed by atoms with van der Waals surface area (Å²) < 4.78 is 5.88. The summed E-state index contributed by atoms with van der Waals surface area (Å²) >= 11 is 0. The van der Waals surface area contributed by atoms with Gasteiger partial charge in [-0.1, -0.05) is 6.08 Å². The lowest BCUT2D eigenvalue weighted by molar-refractivity contribution is -0.384. The van der Waals surface area contributed by atoms with Crippen LogP contribution in [0.2, 0.25) is 0 Å². The third-order valence-corrected chi connectivity index (χ3v) is 4.29. The Morgan fingerprint density at radius 1 is 1.45 bits per heavy atom. The second-order valence-corrected chi connectivity index (χ2v) is 6.13. The van der Waals surface area contributed by atoms with Crippen LogP contribution in [0.5, 0.6) is 5.75 Å². The molecular weight excluding hydrogens is 282 g/mol. The molecule has 6 nitrogen and oxygen atoms in total. The minimum Gasteiger partial charge on any atom is -0.490 e. The Kier molecular flexibility index (Phi) is 4.02. The average molecular weight is 303 g/mol. The van der Waals surface area contributed by atoms with E-state index < -0.39 is 4.92 Å². The number of nitrogens with zero attached hydrogens (tertiary/aromatic N) is 2. The summed E-state index contributed by atoms with van der Waals surface area (Å²) in [7, 11) is 2.07. The number of anilines is 1. The van der Waals surface area contributed by atoms with Gasteiger partial charge < -0.3 is 15.4 Å². The highest BCUT2D eigenvalue weighted by molar-refractivity contribution is 5.81. The van der Waals surface area contributed by atoms with Crippen molar-refractivity contribution in [2.45, 2.75) is 19.3 Å². The number of benzene rings is 1. The van der Waals surface area contributed by atoms with Gasteiger partial charge in [0.25, 0.3) is 5.69 Å². The van der Waals surface area contributed by atoms with Crippen molar-refractivity contribution in [1.29, 1.82) is 0 Å². The molecule has 0 bridgehead atoms. The molecule has 0 amide bonds. The van der Waals surface area contributed by atoms with Crippen LogP contribution in [0.15, 0.2) is 18.2 Å². The van der Waals surface area contributed by atoms with E-state index >= 15 is 0 Å². The van der Waals surface area contributed by atoms with Crippen LogP contribution in [-0.2, 0) is 0 Å². The lowest BCUT2D eigenvalue weighted by atomic mass is 9.97. The van der Waals surface area contributed by atoms with Gasteiger partial charge in [-0.05, 0) is 43.9 Å². The standard InChI is InChI=1S/C16H21N3O3/c1-18-8-6-12(7-9-18)13-4-5-14(19(20)21)15(17)16(13)22-10-11-2-3-11/h4-6,11H,2-3,7-10,17H2,1H3. The number of nitrogens with two attached hydrogens (primary N) is 1. The van der Waals surface area contributed by atoms with E-state index in [-0.39, 0.29) is 11.4 Å². The minimum atomic E-state index is -0.452. The van der Waals surface area contributed by atoms with Crippen molar-refractivity contribution in [2.24, 2.45) is 5.92 Å². The van der Waals surface area contributed by atoms with E-state index in [1.165, 1.54) is 6.07 Å². The van der Waals surface area contributed by atoms with Gasteiger partial charge in [0, 0.05) is 24.7 Å². The first-order valence-corrected chi connectivity index (χ1v) is 7.64. The number of nitro benzene ring substituents is 1. The van der Waals surface area contributed by atoms with Crippen molar-refractivity contribution in [3.05, 3.63) is 33.9 Å². The number of ether oxygens (including phenoxy) is 1. The maximum absolute atomic E-state index is 11.1. The molecule has 118 valence electrons. The largest absolute Gasteiger partial charge is 0.490 e. The first-order chi connectivity index (χ1) is 10.6. The fourth-order valence-electron chi connectivity index (χ4n) is 2.66. The number of hydrogen-bond acceptors (Lipinski definition) is 5. The van der Waals surface area contributed by atoms with Crippen LogP contribution < -0.4 is 10.5 Å². The summed E-state index contributed by atoms with van der Waals surface area (Å²) in [5.74, 6) is 1.05. The smallest absolute Gasteiger partial charge is 0.295 e. The molecule has 0 aromatic heterocycles. The van der Waals surface area contributed by atoms with Crippen molar-refractivity contribution in [3.8, 4) is 5.75 Å². The molecule has 1 heterocycles. The van der Waals surface area contributed by atoms with Crippen LogP contribution in [0.4, 0.5) is 11.4 Å². The Bertz CT molecular complexity index is 623. The second-order valence-electron chi connectivity index (χ2n) is 6.13. The van der Waals surface area contributed by atoms with Gasteiger partial charge in [-0.15, -0.1) is 0 Å². The normalized spacial score (nSPS) is 18.9. The Morgan fingerprint density at radius 3 is 2.82 bits per heavy atom. The van der Waals surface area contributed by atoms with Crippen molar-refractivity contribution < 1.29 is 9.66 Å². The Morgan fingerprint density at radius 2 is 2.23 bits per heavy atom. The highest BCUT2D eigenvalue weighted by Gasteiger charge is 2.26. The maximum atomic E-state index is 11.1. The molecule has 3 rings (SSSR count). The monoisotopic (exact) mass is 303 g/mol. The van der Waals surface area contributed by atoms with E-state index in [1.807, 2.05) is 0 Å². The van der Waals surface area contributed by atoms with Crippen molar-refractivity contribution in [3.63, 3.8) is 0 Å². The molecule has 6 heteroatoms. The van der Waals surface area contributed by atoms with E-state index in [4.69, 9.17) is 10.5 Å². The molecule has 1 aliphatic heterocycles. The van der Waals surface area contributed by atoms with E-state index in [0.29, 0.717) is 18.3 Å². The lowest BCUT2D eigenvalue weighted by Crippen LogP contribution is -2.23. The van der Waals surface area contributed by atoms with Crippen molar-refractivity contribution in [2.75, 3.05) is 32.5 Å². The van der Waals surface area contributed by atoms with Crippen LogP contribution in [0, 0.1) is 16.0 Å². The zero-order valence-corrected chi connectivity index (χ0v) is 12.7. The Hall–Kier alpha value is -2.08. The van der Waals surface area contributed by atoms with Crippen LogP contribution >= 0.6 is 0 Å². The zero-order chi connectivity index (χ0) is 15.7. The number of nitrogen functional groups attached to an aromatic ring is 1. The Balaban J connectivity index is 1.96. The minimum absolute atomic E-state index is 0.0805. The molecule has 1 saturated carbocycles. The van der Waals surface area contributed by atoms with Gasteiger partial charge in [0.1, 0.15) is 0 Å². The molecule has 0 saturated heterocycles. The molecule has 0 unspecified atom stereocenters. The predicted molar refractivity (Wildman–Crippen MR) is 85.8 cm³/mol. The highest BCUT2D eigenvalue weighted by atomic mass is 16.6. The van der Waals surface area contributed by atoms with Gasteiger partial charge in [0.05, 0.1) is 11.5 Å². The maximum Gasteiger partial charge on any atom is 0.295 e. The van der Waals surface area contributed by atoms with E-state index in [9.17, 15) is 10.1 Å². The van der Waals surface area contributed by atoms with Crippen molar-refractivity contribution >= 4 is 16.9 Å².